The molecule has 1 aromatic rings. The zero-order chi connectivity index (χ0) is 15.4. The predicted octanol–water partition coefficient (Wildman–Crippen LogP) is 2.49. The molecule has 1 heterocycles. The zero-order valence-electron chi connectivity index (χ0n) is 12.7. The average Bonchev–Trinajstić information content (AvgIpc) is 2.46. The fourth-order valence-electron chi connectivity index (χ4n) is 2.30. The molecule has 4 atom stereocenters. The summed E-state index contributed by atoms with van der Waals surface area (Å²) >= 11 is 0. The van der Waals surface area contributed by atoms with Gasteiger partial charge in [-0.3, -0.25) is 0 Å². The zero-order valence-corrected chi connectivity index (χ0v) is 12.7. The maximum Gasteiger partial charge on any atom is 0.160 e. The standard InChI is InChI=1S/C16H23FO4/c1-10(2)16-20-9-14(15(21-16)11(3)18)19-8-12-6-4-5-7-13(12)17/h4-7,10-11,14-16,18H,8-9H2,1-3H3/t11?,14-,15-,16+/m1/s1. The van der Waals surface area contributed by atoms with Crippen LogP contribution in [0.3, 0.4) is 0 Å². The van der Waals surface area contributed by atoms with Crippen molar-refractivity contribution < 1.29 is 23.7 Å². The summed E-state index contributed by atoms with van der Waals surface area (Å²) in [7, 11) is 0. The van der Waals surface area contributed by atoms with E-state index >= 15 is 0 Å². The number of rotatable bonds is 5. The summed E-state index contributed by atoms with van der Waals surface area (Å²) in [5, 5.41) is 9.86. The van der Waals surface area contributed by atoms with E-state index in [2.05, 4.69) is 0 Å². The monoisotopic (exact) mass is 298 g/mol. The molecule has 21 heavy (non-hydrogen) atoms. The number of benzene rings is 1. The molecule has 2 rings (SSSR count). The SMILES string of the molecule is CC(C)[C@H]1OC[C@@H](OCc2ccccc2F)[C@@H](C(C)O)O1. The minimum absolute atomic E-state index is 0.125. The second kappa shape index (κ2) is 7.31. The first kappa shape index (κ1) is 16.4. The van der Waals surface area contributed by atoms with Crippen LogP contribution in [0.1, 0.15) is 26.3 Å². The molecule has 4 nitrogen and oxygen atoms in total. The predicted molar refractivity (Wildman–Crippen MR) is 76.1 cm³/mol. The number of ether oxygens (including phenoxy) is 3. The van der Waals surface area contributed by atoms with Crippen LogP contribution in [0.5, 0.6) is 0 Å². The highest BCUT2D eigenvalue weighted by Gasteiger charge is 2.36. The Labute approximate surface area is 124 Å². The third kappa shape index (κ3) is 4.23. The third-order valence-corrected chi connectivity index (χ3v) is 3.51. The number of hydrogen-bond acceptors (Lipinski definition) is 4. The number of aliphatic hydroxyl groups excluding tert-OH is 1. The highest BCUT2D eigenvalue weighted by molar-refractivity contribution is 5.16. The minimum Gasteiger partial charge on any atom is -0.391 e. The van der Waals surface area contributed by atoms with Crippen LogP contribution >= 0.6 is 0 Å². The molecule has 1 aromatic carbocycles. The van der Waals surface area contributed by atoms with Crippen molar-refractivity contribution in [2.45, 2.75) is 52.0 Å². The lowest BCUT2D eigenvalue weighted by atomic mass is 10.1. The Morgan fingerprint density at radius 3 is 2.67 bits per heavy atom. The highest BCUT2D eigenvalue weighted by atomic mass is 19.1. The van der Waals surface area contributed by atoms with E-state index in [9.17, 15) is 9.50 Å². The Bertz CT molecular complexity index is 450. The van der Waals surface area contributed by atoms with Crippen molar-refractivity contribution in [2.24, 2.45) is 5.92 Å². The van der Waals surface area contributed by atoms with Crippen molar-refractivity contribution in [2.75, 3.05) is 6.61 Å². The van der Waals surface area contributed by atoms with Crippen molar-refractivity contribution in [3.05, 3.63) is 35.6 Å². The molecular weight excluding hydrogens is 275 g/mol. The van der Waals surface area contributed by atoms with E-state index < -0.39 is 18.3 Å². The van der Waals surface area contributed by atoms with Gasteiger partial charge in [-0.2, -0.15) is 0 Å². The first-order valence-electron chi connectivity index (χ1n) is 7.29. The van der Waals surface area contributed by atoms with Crippen molar-refractivity contribution in [3.63, 3.8) is 0 Å². The van der Waals surface area contributed by atoms with E-state index in [1.54, 1.807) is 25.1 Å². The maximum atomic E-state index is 13.6. The van der Waals surface area contributed by atoms with Gasteiger partial charge >= 0.3 is 0 Å². The third-order valence-electron chi connectivity index (χ3n) is 3.51. The molecule has 0 bridgehead atoms. The molecule has 0 spiro atoms. The lowest BCUT2D eigenvalue weighted by molar-refractivity contribution is -0.291. The molecule has 1 aliphatic heterocycles. The van der Waals surface area contributed by atoms with E-state index in [1.807, 2.05) is 13.8 Å². The summed E-state index contributed by atoms with van der Waals surface area (Å²) in [5.41, 5.74) is 0.479. The van der Waals surface area contributed by atoms with Crippen LogP contribution in [0, 0.1) is 11.7 Å². The first-order chi connectivity index (χ1) is 9.99. The average molecular weight is 298 g/mol. The molecule has 0 saturated carbocycles. The Balaban J connectivity index is 1.97. The number of halogens is 1. The second-order valence-corrected chi connectivity index (χ2v) is 5.73. The quantitative estimate of drug-likeness (QED) is 0.907. The van der Waals surface area contributed by atoms with Crippen molar-refractivity contribution in [3.8, 4) is 0 Å². The molecule has 1 fully saturated rings. The molecule has 0 radical (unpaired) electrons. The van der Waals surface area contributed by atoms with Crippen LogP contribution in [0.4, 0.5) is 4.39 Å². The molecule has 1 saturated heterocycles. The first-order valence-corrected chi connectivity index (χ1v) is 7.29. The summed E-state index contributed by atoms with van der Waals surface area (Å²) in [6, 6.07) is 6.47. The molecule has 118 valence electrons. The Morgan fingerprint density at radius 1 is 1.33 bits per heavy atom. The van der Waals surface area contributed by atoms with Crippen LogP contribution in [0.2, 0.25) is 0 Å². The minimum atomic E-state index is -0.680. The molecule has 0 aromatic heterocycles. The van der Waals surface area contributed by atoms with Gasteiger partial charge in [-0.15, -0.1) is 0 Å². The van der Waals surface area contributed by atoms with Crippen LogP contribution in [0.25, 0.3) is 0 Å². The van der Waals surface area contributed by atoms with Gasteiger partial charge in [-0.1, -0.05) is 32.0 Å². The molecular formula is C16H23FO4. The Kier molecular flexibility index (Phi) is 5.70. The lowest BCUT2D eigenvalue weighted by Crippen LogP contribution is -2.51. The molecule has 1 aliphatic rings. The second-order valence-electron chi connectivity index (χ2n) is 5.73. The fourth-order valence-corrected chi connectivity index (χ4v) is 2.30. The number of hydrogen-bond donors (Lipinski definition) is 1. The van der Waals surface area contributed by atoms with Gasteiger partial charge in [0.15, 0.2) is 6.29 Å². The van der Waals surface area contributed by atoms with Crippen LogP contribution in [-0.4, -0.2) is 36.3 Å². The van der Waals surface area contributed by atoms with Crippen LogP contribution in [-0.2, 0) is 20.8 Å². The maximum absolute atomic E-state index is 13.6. The van der Waals surface area contributed by atoms with E-state index in [0.717, 1.165) is 0 Å². The summed E-state index contributed by atoms with van der Waals surface area (Å²) in [4.78, 5) is 0. The van der Waals surface area contributed by atoms with Gasteiger partial charge in [0.1, 0.15) is 18.0 Å². The van der Waals surface area contributed by atoms with Gasteiger partial charge in [-0.25, -0.2) is 4.39 Å². The summed E-state index contributed by atoms with van der Waals surface area (Å²) in [6.07, 6.45) is -1.92. The van der Waals surface area contributed by atoms with Crippen LogP contribution < -0.4 is 0 Å². The van der Waals surface area contributed by atoms with E-state index in [0.29, 0.717) is 12.2 Å². The molecule has 0 aliphatic carbocycles. The topological polar surface area (TPSA) is 47.9 Å². The molecule has 5 heteroatoms. The fraction of sp³-hybridized carbons (Fsp3) is 0.625. The van der Waals surface area contributed by atoms with Crippen molar-refractivity contribution >= 4 is 0 Å². The van der Waals surface area contributed by atoms with Crippen molar-refractivity contribution in [1.29, 1.82) is 0 Å². The molecule has 1 unspecified atom stereocenters. The summed E-state index contributed by atoms with van der Waals surface area (Å²) < 4.78 is 30.6. The van der Waals surface area contributed by atoms with Crippen LogP contribution in [0.15, 0.2) is 24.3 Å². The largest absolute Gasteiger partial charge is 0.391 e. The highest BCUT2D eigenvalue weighted by Crippen LogP contribution is 2.24. The summed E-state index contributed by atoms with van der Waals surface area (Å²) in [6.45, 7) is 6.09. The normalized spacial score (nSPS) is 27.8. The van der Waals surface area contributed by atoms with Gasteiger partial charge in [0.2, 0.25) is 0 Å². The van der Waals surface area contributed by atoms with E-state index in [-0.39, 0.29) is 24.6 Å². The van der Waals surface area contributed by atoms with E-state index in [1.165, 1.54) is 6.07 Å². The smallest absolute Gasteiger partial charge is 0.160 e. The lowest BCUT2D eigenvalue weighted by Gasteiger charge is -2.39. The Morgan fingerprint density at radius 2 is 2.05 bits per heavy atom. The van der Waals surface area contributed by atoms with Gasteiger partial charge in [0, 0.05) is 11.5 Å². The Hall–Kier alpha value is -1.01. The number of aliphatic hydroxyl groups is 1. The van der Waals surface area contributed by atoms with Gasteiger partial charge in [0.05, 0.1) is 19.3 Å². The van der Waals surface area contributed by atoms with Gasteiger partial charge < -0.3 is 19.3 Å². The van der Waals surface area contributed by atoms with Gasteiger partial charge in [-0.05, 0) is 13.0 Å². The van der Waals surface area contributed by atoms with Crippen molar-refractivity contribution in [1.82, 2.24) is 0 Å². The molecule has 1 N–H and O–H groups in total. The summed E-state index contributed by atoms with van der Waals surface area (Å²) in [5.74, 6) is -0.109. The van der Waals surface area contributed by atoms with E-state index in [4.69, 9.17) is 14.2 Å². The van der Waals surface area contributed by atoms with Gasteiger partial charge in [0.25, 0.3) is 0 Å². The molecule has 0 amide bonds.